The summed E-state index contributed by atoms with van der Waals surface area (Å²) in [6.07, 6.45) is 3.44. The van der Waals surface area contributed by atoms with Crippen molar-refractivity contribution in [3.8, 4) is 5.69 Å². The maximum absolute atomic E-state index is 12.5. The molecule has 4 aromatic heterocycles. The predicted octanol–water partition coefficient (Wildman–Crippen LogP) is 3.25. The summed E-state index contributed by atoms with van der Waals surface area (Å²) in [6.45, 7) is 2.19. The minimum atomic E-state index is -0.0598. The highest BCUT2D eigenvalue weighted by atomic mass is 32.2. The number of nitrogens with zero attached hydrogens (tertiary/aromatic N) is 8. The Morgan fingerprint density at radius 1 is 1.10 bits per heavy atom. The van der Waals surface area contributed by atoms with Crippen LogP contribution in [0.1, 0.15) is 31.2 Å². The lowest BCUT2D eigenvalue weighted by atomic mass is 10.1. The van der Waals surface area contributed by atoms with E-state index in [9.17, 15) is 4.79 Å². The van der Waals surface area contributed by atoms with Crippen LogP contribution < -0.4 is 5.56 Å². The summed E-state index contributed by atoms with van der Waals surface area (Å²) in [6, 6.07) is 10.3. The Hall–Kier alpha value is -3.05. The van der Waals surface area contributed by atoms with Gasteiger partial charge in [0.1, 0.15) is 10.5 Å². The second-order valence-electron chi connectivity index (χ2n) is 7.18. The molecule has 4 heterocycles. The summed E-state index contributed by atoms with van der Waals surface area (Å²) in [5.41, 5.74) is 3.00. The molecule has 5 rings (SSSR count). The molecule has 0 fully saturated rings. The molecule has 0 unspecified atom stereocenters. The number of benzene rings is 1. The molecule has 0 saturated carbocycles. The van der Waals surface area contributed by atoms with E-state index in [1.54, 1.807) is 11.7 Å². The highest BCUT2D eigenvalue weighted by Gasteiger charge is 2.17. The number of fused-ring (bicyclic) bond motifs is 3. The Bertz CT molecular complexity index is 1410. The van der Waals surface area contributed by atoms with Gasteiger partial charge >= 0.3 is 0 Å². The van der Waals surface area contributed by atoms with E-state index in [2.05, 4.69) is 44.8 Å². The van der Waals surface area contributed by atoms with Crippen LogP contribution in [0, 0.1) is 0 Å². The zero-order chi connectivity index (χ0) is 21.4. The number of hydrogen-bond acceptors (Lipinski definition) is 8. The number of hydrogen-bond donors (Lipinski definition) is 0. The van der Waals surface area contributed by atoms with Crippen molar-refractivity contribution in [1.82, 2.24) is 39.4 Å². The van der Waals surface area contributed by atoms with Crippen molar-refractivity contribution in [1.29, 1.82) is 0 Å². The number of aromatic nitrogens is 8. The van der Waals surface area contributed by atoms with Crippen molar-refractivity contribution < 1.29 is 0 Å². The van der Waals surface area contributed by atoms with E-state index >= 15 is 0 Å². The fourth-order valence-electron chi connectivity index (χ4n) is 3.49. The number of thiophene rings is 1. The van der Waals surface area contributed by atoms with Gasteiger partial charge in [-0.3, -0.25) is 13.8 Å². The summed E-state index contributed by atoms with van der Waals surface area (Å²) < 4.78 is 5.88. The van der Waals surface area contributed by atoms with Gasteiger partial charge < -0.3 is 0 Å². The van der Waals surface area contributed by atoms with Gasteiger partial charge in [0.15, 0.2) is 0 Å². The fourth-order valence-corrected chi connectivity index (χ4v) is 5.15. The predicted molar refractivity (Wildman–Crippen MR) is 121 cm³/mol. The van der Waals surface area contributed by atoms with Crippen LogP contribution in [0.4, 0.5) is 0 Å². The van der Waals surface area contributed by atoms with Gasteiger partial charge in [0.2, 0.25) is 10.9 Å². The van der Waals surface area contributed by atoms with Crippen molar-refractivity contribution in [2.45, 2.75) is 37.1 Å². The molecule has 1 aromatic carbocycles. The molecule has 0 N–H and O–H groups in total. The lowest BCUT2D eigenvalue weighted by Gasteiger charge is -2.06. The Morgan fingerprint density at radius 3 is 2.74 bits per heavy atom. The van der Waals surface area contributed by atoms with Crippen molar-refractivity contribution >= 4 is 39.1 Å². The van der Waals surface area contributed by atoms with E-state index in [4.69, 9.17) is 0 Å². The molecule has 0 saturated heterocycles. The number of aryl methyl sites for hydroxylation is 2. The van der Waals surface area contributed by atoms with Crippen molar-refractivity contribution in [2.24, 2.45) is 7.05 Å². The van der Waals surface area contributed by atoms with Crippen molar-refractivity contribution in [3.05, 3.63) is 57.5 Å². The zero-order valence-corrected chi connectivity index (χ0v) is 18.7. The number of tetrazole rings is 1. The van der Waals surface area contributed by atoms with E-state index in [1.165, 1.54) is 46.1 Å². The van der Waals surface area contributed by atoms with E-state index in [0.29, 0.717) is 21.4 Å². The van der Waals surface area contributed by atoms with Gasteiger partial charge in [-0.2, -0.15) is 4.68 Å². The highest BCUT2D eigenvalue weighted by molar-refractivity contribution is 7.98. The average Bonchev–Trinajstić information content (AvgIpc) is 3.54. The van der Waals surface area contributed by atoms with Crippen LogP contribution >= 0.6 is 23.1 Å². The minimum Gasteiger partial charge on any atom is -0.279 e. The monoisotopic (exact) mass is 452 g/mol. The quantitative estimate of drug-likeness (QED) is 0.350. The fraction of sp³-hybridized carbons (Fsp3) is 0.300. The Labute approximate surface area is 185 Å². The smallest absolute Gasteiger partial charge is 0.272 e. The van der Waals surface area contributed by atoms with E-state index < -0.39 is 0 Å². The SMILES string of the molecule is CCCCc1ccc(-n2nnnc2SCc2nnc3n(C)c(=O)c4sccc4n23)cc1. The Balaban J connectivity index is 1.43. The standard InChI is InChI=1S/C20H20N8OS2/c1-3-4-5-13-6-8-14(9-7-13)28-20(23-24-25-28)31-12-16-21-22-19-26(2)18(29)17-15(27(16)19)10-11-30-17/h6-11H,3-5,12H2,1-2H3. The molecule has 0 amide bonds. The third-order valence-corrected chi connectivity index (χ3v) is 6.98. The van der Waals surface area contributed by atoms with Crippen LogP contribution in [0.5, 0.6) is 0 Å². The van der Waals surface area contributed by atoms with Crippen molar-refractivity contribution in [3.63, 3.8) is 0 Å². The summed E-state index contributed by atoms with van der Waals surface area (Å²) in [5.74, 6) is 1.77. The summed E-state index contributed by atoms with van der Waals surface area (Å²) in [7, 11) is 1.72. The zero-order valence-electron chi connectivity index (χ0n) is 17.1. The molecule has 0 atom stereocenters. The van der Waals surface area contributed by atoms with Gasteiger partial charge in [0.25, 0.3) is 5.56 Å². The maximum Gasteiger partial charge on any atom is 0.272 e. The number of thioether (sulfide) groups is 1. The third kappa shape index (κ3) is 3.53. The van der Waals surface area contributed by atoms with Crippen LogP contribution in [0.15, 0.2) is 45.7 Å². The van der Waals surface area contributed by atoms with E-state index in [-0.39, 0.29) is 5.56 Å². The topological polar surface area (TPSA) is 95.8 Å². The van der Waals surface area contributed by atoms with Crippen molar-refractivity contribution in [2.75, 3.05) is 0 Å². The molecular formula is C20H20N8OS2. The van der Waals surface area contributed by atoms with Gasteiger partial charge in [-0.25, -0.2) is 0 Å². The molecule has 0 aliphatic carbocycles. The van der Waals surface area contributed by atoms with Crippen LogP contribution in [-0.2, 0) is 19.2 Å². The van der Waals surface area contributed by atoms with Gasteiger partial charge in [-0.05, 0) is 52.4 Å². The first-order valence-electron chi connectivity index (χ1n) is 9.98. The molecule has 0 bridgehead atoms. The van der Waals surface area contributed by atoms with Crippen LogP contribution in [-0.4, -0.2) is 39.4 Å². The molecule has 0 aliphatic rings. The van der Waals surface area contributed by atoms with Crippen LogP contribution in [0.2, 0.25) is 0 Å². The highest BCUT2D eigenvalue weighted by Crippen LogP contribution is 2.25. The first-order chi connectivity index (χ1) is 15.2. The molecule has 0 spiro atoms. The number of rotatable bonds is 7. The lowest BCUT2D eigenvalue weighted by Crippen LogP contribution is -2.19. The molecular weight excluding hydrogens is 432 g/mol. The summed E-state index contributed by atoms with van der Waals surface area (Å²) >= 11 is 2.90. The van der Waals surface area contributed by atoms with E-state index in [0.717, 1.165) is 23.4 Å². The average molecular weight is 453 g/mol. The second-order valence-corrected chi connectivity index (χ2v) is 9.04. The largest absolute Gasteiger partial charge is 0.279 e. The maximum atomic E-state index is 12.5. The lowest BCUT2D eigenvalue weighted by molar-refractivity contribution is 0.753. The molecule has 0 radical (unpaired) electrons. The van der Waals surface area contributed by atoms with Gasteiger partial charge in [-0.1, -0.05) is 37.2 Å². The molecule has 31 heavy (non-hydrogen) atoms. The van der Waals surface area contributed by atoms with Crippen LogP contribution in [0.3, 0.4) is 0 Å². The molecule has 5 aromatic rings. The van der Waals surface area contributed by atoms with Gasteiger partial charge in [0.05, 0.1) is 17.0 Å². The molecule has 158 valence electrons. The normalized spacial score (nSPS) is 11.7. The number of unbranched alkanes of at least 4 members (excludes halogenated alkanes) is 1. The van der Waals surface area contributed by atoms with Crippen LogP contribution in [0.25, 0.3) is 21.7 Å². The Kier molecular flexibility index (Phi) is 5.28. The first kappa shape index (κ1) is 19.9. The van der Waals surface area contributed by atoms with Gasteiger partial charge in [0, 0.05) is 7.05 Å². The first-order valence-corrected chi connectivity index (χ1v) is 11.8. The minimum absolute atomic E-state index is 0.0598. The summed E-state index contributed by atoms with van der Waals surface area (Å²) in [4.78, 5) is 12.5. The molecule has 0 aliphatic heterocycles. The molecule has 9 nitrogen and oxygen atoms in total. The van der Waals surface area contributed by atoms with E-state index in [1.807, 2.05) is 28.0 Å². The molecule has 11 heteroatoms. The Morgan fingerprint density at radius 2 is 1.94 bits per heavy atom. The second kappa shape index (κ2) is 8.23. The third-order valence-electron chi connectivity index (χ3n) is 5.17. The van der Waals surface area contributed by atoms with Gasteiger partial charge in [-0.15, -0.1) is 26.6 Å². The summed E-state index contributed by atoms with van der Waals surface area (Å²) in [5, 5.41) is 23.3.